The summed E-state index contributed by atoms with van der Waals surface area (Å²) in [5.74, 6) is 0.0426. The van der Waals surface area contributed by atoms with Crippen LogP contribution in [0.4, 0.5) is 0 Å². The summed E-state index contributed by atoms with van der Waals surface area (Å²) in [4.78, 5) is 17.2. The molecule has 0 spiro atoms. The molecule has 0 N–H and O–H groups in total. The smallest absolute Gasteiger partial charge is 0.186 e. The molecule has 0 aliphatic rings. The minimum Gasteiger partial charge on any atom is -0.292 e. The Labute approximate surface area is 109 Å². The molecular formula is C13H12ClNOS. The lowest BCUT2D eigenvalue weighted by Crippen LogP contribution is -2.07. The molecule has 2 nitrogen and oxygen atoms in total. The lowest BCUT2D eigenvalue weighted by molar-refractivity contribution is 0.0988. The third-order valence-corrected chi connectivity index (χ3v) is 3.67. The topological polar surface area (TPSA) is 30.0 Å². The molecule has 0 aromatic carbocycles. The quantitative estimate of drug-likeness (QED) is 0.790. The average molecular weight is 266 g/mol. The van der Waals surface area contributed by atoms with E-state index in [4.69, 9.17) is 11.6 Å². The Morgan fingerprint density at radius 1 is 1.41 bits per heavy atom. The van der Waals surface area contributed by atoms with Crippen LogP contribution in [0, 0.1) is 13.8 Å². The molecule has 0 saturated heterocycles. The summed E-state index contributed by atoms with van der Waals surface area (Å²) in [6, 6.07) is 5.67. The zero-order valence-corrected chi connectivity index (χ0v) is 11.2. The summed E-state index contributed by atoms with van der Waals surface area (Å²) in [6.07, 6.45) is 2.09. The number of hydrogen-bond donors (Lipinski definition) is 0. The average Bonchev–Trinajstić information content (AvgIpc) is 2.63. The summed E-state index contributed by atoms with van der Waals surface area (Å²) in [5, 5.41) is 0. The van der Waals surface area contributed by atoms with Crippen molar-refractivity contribution in [3.05, 3.63) is 50.4 Å². The number of aromatic nitrogens is 1. The van der Waals surface area contributed by atoms with Gasteiger partial charge in [0.05, 0.1) is 4.34 Å². The Balaban J connectivity index is 2.20. The van der Waals surface area contributed by atoms with Crippen molar-refractivity contribution >= 4 is 28.7 Å². The van der Waals surface area contributed by atoms with Gasteiger partial charge in [-0.05, 0) is 37.1 Å². The Morgan fingerprint density at radius 2 is 2.18 bits per heavy atom. The summed E-state index contributed by atoms with van der Waals surface area (Å²) >= 11 is 7.27. The second-order valence-corrected chi connectivity index (χ2v) is 5.78. The maximum atomic E-state index is 12.1. The first kappa shape index (κ1) is 12.3. The van der Waals surface area contributed by atoms with E-state index in [1.54, 1.807) is 6.20 Å². The van der Waals surface area contributed by atoms with Crippen LogP contribution in [0.15, 0.2) is 24.4 Å². The van der Waals surface area contributed by atoms with Gasteiger partial charge in [-0.2, -0.15) is 0 Å². The molecule has 0 aliphatic heterocycles. The van der Waals surface area contributed by atoms with Crippen LogP contribution in [0.1, 0.15) is 26.5 Å². The molecule has 2 aromatic heterocycles. The number of thiophene rings is 1. The standard InChI is InChI=1S/C13H12ClNOS/c1-8-5-9(2)13(15-7-8)11(16)6-10-3-4-12(14)17-10/h3-5,7H,6H2,1-2H3. The van der Waals surface area contributed by atoms with Crippen LogP contribution in [0.5, 0.6) is 0 Å². The fourth-order valence-corrected chi connectivity index (χ4v) is 2.78. The molecule has 17 heavy (non-hydrogen) atoms. The predicted octanol–water partition coefficient (Wildman–Crippen LogP) is 3.84. The summed E-state index contributed by atoms with van der Waals surface area (Å²) < 4.78 is 0.710. The van der Waals surface area contributed by atoms with Crippen molar-refractivity contribution in [1.82, 2.24) is 4.98 Å². The Hall–Kier alpha value is -1.19. The molecule has 0 atom stereocenters. The van der Waals surface area contributed by atoms with Crippen LogP contribution in [0.3, 0.4) is 0 Å². The number of hydrogen-bond acceptors (Lipinski definition) is 3. The molecule has 0 aliphatic carbocycles. The molecule has 0 unspecified atom stereocenters. The first-order valence-corrected chi connectivity index (χ1v) is 6.46. The van der Waals surface area contributed by atoms with E-state index in [0.717, 1.165) is 16.0 Å². The molecular weight excluding hydrogens is 254 g/mol. The van der Waals surface area contributed by atoms with E-state index in [1.807, 2.05) is 32.0 Å². The van der Waals surface area contributed by atoms with Gasteiger partial charge in [0.15, 0.2) is 5.78 Å². The van der Waals surface area contributed by atoms with Gasteiger partial charge in [0.2, 0.25) is 0 Å². The van der Waals surface area contributed by atoms with Crippen LogP contribution in [0.25, 0.3) is 0 Å². The zero-order valence-electron chi connectivity index (χ0n) is 9.66. The van der Waals surface area contributed by atoms with Crippen LogP contribution in [-0.4, -0.2) is 10.8 Å². The van der Waals surface area contributed by atoms with E-state index < -0.39 is 0 Å². The van der Waals surface area contributed by atoms with Crippen LogP contribution < -0.4 is 0 Å². The van der Waals surface area contributed by atoms with Gasteiger partial charge < -0.3 is 0 Å². The Bertz CT molecular complexity index is 562. The van der Waals surface area contributed by atoms with Gasteiger partial charge in [-0.15, -0.1) is 11.3 Å². The second-order valence-electron chi connectivity index (χ2n) is 3.98. The van der Waals surface area contributed by atoms with Crippen molar-refractivity contribution in [3.8, 4) is 0 Å². The second kappa shape index (κ2) is 4.98. The highest BCUT2D eigenvalue weighted by atomic mass is 35.5. The number of aryl methyl sites for hydroxylation is 2. The van der Waals surface area contributed by atoms with Gasteiger partial charge in [0.1, 0.15) is 5.69 Å². The van der Waals surface area contributed by atoms with E-state index in [9.17, 15) is 4.79 Å². The predicted molar refractivity (Wildman–Crippen MR) is 71.1 cm³/mol. The largest absolute Gasteiger partial charge is 0.292 e. The Kier molecular flexibility index (Phi) is 3.60. The van der Waals surface area contributed by atoms with Crippen molar-refractivity contribution in [3.63, 3.8) is 0 Å². The molecule has 0 radical (unpaired) electrons. The van der Waals surface area contributed by atoms with Gasteiger partial charge in [-0.3, -0.25) is 9.78 Å². The molecule has 2 rings (SSSR count). The SMILES string of the molecule is Cc1cnc(C(=O)Cc2ccc(Cl)s2)c(C)c1. The van der Waals surface area contributed by atoms with Crippen molar-refractivity contribution < 1.29 is 4.79 Å². The van der Waals surface area contributed by atoms with Gasteiger partial charge >= 0.3 is 0 Å². The number of halogens is 1. The van der Waals surface area contributed by atoms with Gasteiger partial charge in [0, 0.05) is 17.5 Å². The lowest BCUT2D eigenvalue weighted by Gasteiger charge is -2.03. The molecule has 88 valence electrons. The first-order chi connectivity index (χ1) is 8.06. The third kappa shape index (κ3) is 2.93. The molecule has 2 heterocycles. The number of pyridine rings is 1. The van der Waals surface area contributed by atoms with E-state index in [2.05, 4.69) is 4.98 Å². The molecule has 0 amide bonds. The highest BCUT2D eigenvalue weighted by Gasteiger charge is 2.12. The van der Waals surface area contributed by atoms with E-state index in [-0.39, 0.29) is 5.78 Å². The normalized spacial score (nSPS) is 10.5. The molecule has 4 heteroatoms. The summed E-state index contributed by atoms with van der Waals surface area (Å²) in [7, 11) is 0. The zero-order chi connectivity index (χ0) is 12.4. The fourth-order valence-electron chi connectivity index (χ4n) is 1.70. The van der Waals surface area contributed by atoms with Gasteiger partial charge in [-0.25, -0.2) is 0 Å². The Morgan fingerprint density at radius 3 is 2.76 bits per heavy atom. The lowest BCUT2D eigenvalue weighted by atomic mass is 10.1. The minimum atomic E-state index is 0.0426. The van der Waals surface area contributed by atoms with E-state index in [1.165, 1.54) is 11.3 Å². The van der Waals surface area contributed by atoms with Crippen LogP contribution in [0.2, 0.25) is 4.34 Å². The fraction of sp³-hybridized carbons (Fsp3) is 0.231. The van der Waals surface area contributed by atoms with Crippen molar-refractivity contribution in [2.24, 2.45) is 0 Å². The number of carbonyl (C=O) groups excluding carboxylic acids is 1. The number of Topliss-reactive ketones (excluding diaryl/α,β-unsaturated/α-hetero) is 1. The molecule has 2 aromatic rings. The number of nitrogens with zero attached hydrogens (tertiary/aromatic N) is 1. The number of ketones is 1. The monoisotopic (exact) mass is 265 g/mol. The molecule has 0 bridgehead atoms. The maximum Gasteiger partial charge on any atom is 0.186 e. The van der Waals surface area contributed by atoms with Gasteiger partial charge in [0.25, 0.3) is 0 Å². The van der Waals surface area contributed by atoms with E-state index in [0.29, 0.717) is 16.5 Å². The highest BCUT2D eigenvalue weighted by molar-refractivity contribution is 7.16. The summed E-state index contributed by atoms with van der Waals surface area (Å²) in [6.45, 7) is 3.88. The first-order valence-electron chi connectivity index (χ1n) is 5.27. The molecule has 0 fully saturated rings. The van der Waals surface area contributed by atoms with Gasteiger partial charge in [-0.1, -0.05) is 17.7 Å². The van der Waals surface area contributed by atoms with E-state index >= 15 is 0 Å². The van der Waals surface area contributed by atoms with Crippen molar-refractivity contribution in [1.29, 1.82) is 0 Å². The van der Waals surface area contributed by atoms with Crippen molar-refractivity contribution in [2.45, 2.75) is 20.3 Å². The minimum absolute atomic E-state index is 0.0426. The maximum absolute atomic E-state index is 12.1. The van der Waals surface area contributed by atoms with Crippen LogP contribution >= 0.6 is 22.9 Å². The number of rotatable bonds is 3. The summed E-state index contributed by atoms with van der Waals surface area (Å²) in [5.41, 5.74) is 2.55. The highest BCUT2D eigenvalue weighted by Crippen LogP contribution is 2.23. The van der Waals surface area contributed by atoms with Crippen LogP contribution in [-0.2, 0) is 6.42 Å². The molecule has 0 saturated carbocycles. The third-order valence-electron chi connectivity index (χ3n) is 2.44. The number of carbonyl (C=O) groups is 1. The van der Waals surface area contributed by atoms with Crippen molar-refractivity contribution in [2.75, 3.05) is 0 Å².